The maximum absolute atomic E-state index is 13.8. The lowest BCUT2D eigenvalue weighted by atomic mass is 9.92. The Balaban J connectivity index is 1.56. The third-order valence-corrected chi connectivity index (χ3v) is 9.93. The Bertz CT molecular complexity index is 1660. The number of methoxy groups -OCH3 is 1. The average Bonchev–Trinajstić information content (AvgIpc) is 3.89. The molecular formula is C41H56ClN3O8S. The molecule has 4 rings (SSSR count). The molecule has 296 valence electrons. The van der Waals surface area contributed by atoms with Gasteiger partial charge in [-0.25, -0.2) is 4.79 Å². The summed E-state index contributed by atoms with van der Waals surface area (Å²) < 4.78 is 23.2. The van der Waals surface area contributed by atoms with E-state index < -0.39 is 47.4 Å². The molecule has 1 saturated heterocycles. The van der Waals surface area contributed by atoms with Gasteiger partial charge in [-0.1, -0.05) is 68.8 Å². The van der Waals surface area contributed by atoms with Crippen LogP contribution in [0.4, 0.5) is 0 Å². The van der Waals surface area contributed by atoms with Gasteiger partial charge in [0, 0.05) is 43.1 Å². The largest absolute Gasteiger partial charge is 0.495 e. The van der Waals surface area contributed by atoms with Gasteiger partial charge in [-0.05, 0) is 74.9 Å². The van der Waals surface area contributed by atoms with E-state index in [0.717, 1.165) is 17.7 Å². The molecule has 0 saturated carbocycles. The molecule has 2 aliphatic rings. The molecule has 2 aliphatic heterocycles. The normalized spacial score (nSPS) is 25.2. The van der Waals surface area contributed by atoms with Crippen molar-refractivity contribution in [1.29, 1.82) is 0 Å². The van der Waals surface area contributed by atoms with Crippen LogP contribution in [0, 0.1) is 17.3 Å². The van der Waals surface area contributed by atoms with Gasteiger partial charge in [-0.3, -0.25) is 14.4 Å². The highest BCUT2D eigenvalue weighted by Crippen LogP contribution is 2.45. The van der Waals surface area contributed by atoms with Crippen molar-refractivity contribution in [2.45, 2.75) is 109 Å². The van der Waals surface area contributed by atoms with E-state index in [4.69, 9.17) is 30.5 Å². The minimum Gasteiger partial charge on any atom is -0.495 e. The first-order valence-electron chi connectivity index (χ1n) is 18.5. The molecule has 0 bridgehead atoms. The smallest absolute Gasteiger partial charge is 0.347 e. The molecule has 0 radical (unpaired) electrons. The van der Waals surface area contributed by atoms with Crippen LogP contribution in [-0.4, -0.2) is 73.1 Å². The summed E-state index contributed by atoms with van der Waals surface area (Å²) in [4.78, 5) is 54.1. The molecule has 54 heavy (non-hydrogen) atoms. The van der Waals surface area contributed by atoms with Crippen molar-refractivity contribution >= 4 is 48.0 Å². The van der Waals surface area contributed by atoms with Crippen molar-refractivity contribution < 1.29 is 38.1 Å². The number of benzene rings is 2. The molecular weight excluding hydrogens is 730 g/mol. The van der Waals surface area contributed by atoms with Gasteiger partial charge >= 0.3 is 11.9 Å². The summed E-state index contributed by atoms with van der Waals surface area (Å²) in [5.74, 6) is -2.14. The van der Waals surface area contributed by atoms with Gasteiger partial charge in [-0.2, -0.15) is 12.6 Å². The van der Waals surface area contributed by atoms with Crippen LogP contribution in [0.5, 0.6) is 5.75 Å². The van der Waals surface area contributed by atoms with E-state index >= 15 is 0 Å². The zero-order valence-electron chi connectivity index (χ0n) is 32.6. The number of epoxide rings is 1. The number of esters is 2. The van der Waals surface area contributed by atoms with Crippen LogP contribution in [0.25, 0.3) is 0 Å². The minimum absolute atomic E-state index is 0.00847. The summed E-state index contributed by atoms with van der Waals surface area (Å²) in [7, 11) is 1.51. The van der Waals surface area contributed by atoms with Gasteiger partial charge < -0.3 is 34.9 Å². The van der Waals surface area contributed by atoms with Crippen LogP contribution >= 0.6 is 24.2 Å². The van der Waals surface area contributed by atoms with Crippen LogP contribution < -0.4 is 20.7 Å². The molecule has 11 nitrogen and oxygen atoms in total. The first kappa shape index (κ1) is 43.2. The fourth-order valence-corrected chi connectivity index (χ4v) is 6.55. The van der Waals surface area contributed by atoms with E-state index in [2.05, 4.69) is 54.6 Å². The summed E-state index contributed by atoms with van der Waals surface area (Å²) in [6.07, 6.45) is 1.18. The van der Waals surface area contributed by atoms with E-state index in [1.807, 2.05) is 32.9 Å². The molecule has 0 unspecified atom stereocenters. The number of hydrogen-bond donors (Lipinski definition) is 4. The molecule has 0 aliphatic carbocycles. The average molecular weight is 786 g/mol. The first-order chi connectivity index (χ1) is 25.4. The Morgan fingerprint density at radius 3 is 2.35 bits per heavy atom. The lowest BCUT2D eigenvalue weighted by molar-refractivity contribution is -0.179. The highest BCUT2D eigenvalue weighted by molar-refractivity contribution is 7.81. The maximum Gasteiger partial charge on any atom is 0.347 e. The molecule has 2 amide bonds. The van der Waals surface area contributed by atoms with Crippen LogP contribution in [0.15, 0.2) is 54.6 Å². The van der Waals surface area contributed by atoms with Crippen molar-refractivity contribution in [2.24, 2.45) is 17.3 Å². The summed E-state index contributed by atoms with van der Waals surface area (Å²) in [5.41, 5.74) is 1.63. The van der Waals surface area contributed by atoms with Crippen molar-refractivity contribution in [3.05, 3.63) is 76.3 Å². The Labute approximate surface area is 330 Å². The lowest BCUT2D eigenvalue weighted by Gasteiger charge is -2.29. The van der Waals surface area contributed by atoms with Gasteiger partial charge in [0.15, 0.2) is 6.10 Å². The number of rotatable bonds is 12. The second kappa shape index (κ2) is 18.8. The Morgan fingerprint density at radius 1 is 1.04 bits per heavy atom. The van der Waals surface area contributed by atoms with Gasteiger partial charge in [0.1, 0.15) is 24.0 Å². The SMILES string of the molecule is COc1ccc(C[C@H]2NC(=O)/C=C\C[C@@H]([C@H](C)[C@H]3O[C@@H]3c3ccc(CNCC(C)(C)S)cc3)OC(=O)[C@H](CC(C)C)OC(=O)C(C)(C)CNC2=O)cc1Cl. The Hall–Kier alpha value is -3.58. The molecule has 6 atom stereocenters. The number of carbonyl (C=O) groups is 4. The summed E-state index contributed by atoms with van der Waals surface area (Å²) >= 11 is 10.9. The number of thiol groups is 1. The first-order valence-corrected chi connectivity index (χ1v) is 19.4. The van der Waals surface area contributed by atoms with Crippen LogP contribution in [0.2, 0.25) is 5.02 Å². The highest BCUT2D eigenvalue weighted by atomic mass is 35.5. The summed E-state index contributed by atoms with van der Waals surface area (Å²) in [6, 6.07) is 12.3. The van der Waals surface area contributed by atoms with E-state index in [1.165, 1.54) is 13.2 Å². The third kappa shape index (κ3) is 12.7. The minimum atomic E-state index is -1.21. The van der Waals surface area contributed by atoms with E-state index in [-0.39, 0.29) is 54.6 Å². The van der Waals surface area contributed by atoms with Gasteiger partial charge in [0.2, 0.25) is 11.8 Å². The van der Waals surface area contributed by atoms with Gasteiger partial charge in [0.05, 0.1) is 23.7 Å². The molecule has 0 aromatic heterocycles. The monoisotopic (exact) mass is 785 g/mol. The molecule has 2 aromatic rings. The fraction of sp³-hybridized carbons (Fsp3) is 0.561. The third-order valence-electron chi connectivity index (χ3n) is 9.47. The van der Waals surface area contributed by atoms with E-state index in [0.29, 0.717) is 22.9 Å². The topological polar surface area (TPSA) is 145 Å². The van der Waals surface area contributed by atoms with Gasteiger partial charge in [0.25, 0.3) is 0 Å². The molecule has 0 spiro atoms. The zero-order valence-corrected chi connectivity index (χ0v) is 34.2. The summed E-state index contributed by atoms with van der Waals surface area (Å²) in [5, 5.41) is 9.35. The number of nitrogens with one attached hydrogen (secondary N) is 3. The van der Waals surface area contributed by atoms with Crippen LogP contribution in [0.3, 0.4) is 0 Å². The number of amides is 2. The Morgan fingerprint density at radius 2 is 1.72 bits per heavy atom. The van der Waals surface area contributed by atoms with Crippen molar-refractivity contribution in [2.75, 3.05) is 20.2 Å². The maximum atomic E-state index is 13.8. The number of halogens is 1. The van der Waals surface area contributed by atoms with Crippen molar-refractivity contribution in [1.82, 2.24) is 16.0 Å². The summed E-state index contributed by atoms with van der Waals surface area (Å²) in [6.45, 7) is 14.5. The number of cyclic esters (lactones) is 2. The number of ether oxygens (including phenoxy) is 4. The predicted octanol–water partition coefficient (Wildman–Crippen LogP) is 5.92. The molecule has 1 fully saturated rings. The Kier molecular flexibility index (Phi) is 15.1. The van der Waals surface area contributed by atoms with E-state index in [1.54, 1.807) is 38.1 Å². The molecule has 13 heteroatoms. The van der Waals surface area contributed by atoms with Crippen LogP contribution in [0.1, 0.15) is 84.1 Å². The quantitative estimate of drug-likeness (QED) is 0.117. The standard InChI is InChI=1S/C41H56ClN3O8S/c1-24(2)18-33-38(48)51-31(25(3)35-36(53-35)28-15-12-26(13-16-28)21-43-23-41(6,7)54)10-9-11-34(46)45-30(20-27-14-17-32(50-8)29(42)19-27)37(47)44-22-40(4,5)39(49)52-33/h9,11-17,19,24-25,30-31,33,35-36,43,54H,10,18,20-23H2,1-8H3,(H,44,47)(H,45,46)/b11-9-/t25-,30+,31-,33-,35+,36+/m0/s1. The predicted molar refractivity (Wildman–Crippen MR) is 211 cm³/mol. The van der Waals surface area contributed by atoms with Crippen LogP contribution in [-0.2, 0) is 46.4 Å². The fourth-order valence-electron chi connectivity index (χ4n) is 6.16. The molecule has 2 aromatic carbocycles. The van der Waals surface area contributed by atoms with Crippen molar-refractivity contribution in [3.8, 4) is 5.75 Å². The number of hydrogen-bond acceptors (Lipinski definition) is 10. The van der Waals surface area contributed by atoms with E-state index in [9.17, 15) is 19.2 Å². The van der Waals surface area contributed by atoms with Gasteiger partial charge in [-0.15, -0.1) is 0 Å². The zero-order chi connectivity index (χ0) is 39.8. The second-order valence-corrected chi connectivity index (χ2v) is 17.6. The number of carbonyl (C=O) groups excluding carboxylic acids is 4. The molecule has 3 N–H and O–H groups in total. The lowest BCUT2D eigenvalue weighted by Crippen LogP contribution is -2.51. The highest BCUT2D eigenvalue weighted by Gasteiger charge is 2.48. The second-order valence-electron chi connectivity index (χ2n) is 16.0. The van der Waals surface area contributed by atoms with Crippen molar-refractivity contribution in [3.63, 3.8) is 0 Å². The molecule has 2 heterocycles.